The van der Waals surface area contributed by atoms with E-state index in [9.17, 15) is 9.90 Å². The zero-order valence-corrected chi connectivity index (χ0v) is 11.3. The second-order valence-electron chi connectivity index (χ2n) is 3.97. The monoisotopic (exact) mass is 277 g/mol. The summed E-state index contributed by atoms with van der Waals surface area (Å²) in [6, 6.07) is 10.6. The highest BCUT2D eigenvalue weighted by atomic mass is 32.1. The van der Waals surface area contributed by atoms with Crippen molar-refractivity contribution in [3.63, 3.8) is 0 Å². The highest BCUT2D eigenvalue weighted by Gasteiger charge is 2.11. The van der Waals surface area contributed by atoms with E-state index in [1.807, 2.05) is 17.5 Å². The van der Waals surface area contributed by atoms with Crippen molar-refractivity contribution < 1.29 is 14.6 Å². The quantitative estimate of drug-likeness (QED) is 0.881. The third kappa shape index (κ3) is 3.56. The molecule has 2 N–H and O–H groups in total. The van der Waals surface area contributed by atoms with Gasteiger partial charge in [0.2, 0.25) is 0 Å². The van der Waals surface area contributed by atoms with Crippen LogP contribution in [0.3, 0.4) is 0 Å². The number of nitrogens with one attached hydrogen (secondary N) is 1. The third-order valence-corrected chi connectivity index (χ3v) is 3.63. The number of benzene rings is 1. The fraction of sp³-hybridized carbons (Fsp3) is 0.214. The number of ether oxygens (including phenoxy) is 1. The zero-order chi connectivity index (χ0) is 13.7. The summed E-state index contributed by atoms with van der Waals surface area (Å²) in [5, 5.41) is 14.5. The van der Waals surface area contributed by atoms with Gasteiger partial charge >= 0.3 is 0 Å². The maximum Gasteiger partial charge on any atom is 0.251 e. The van der Waals surface area contributed by atoms with E-state index in [-0.39, 0.29) is 12.5 Å². The molecule has 19 heavy (non-hydrogen) atoms. The lowest BCUT2D eigenvalue weighted by molar-refractivity contribution is 0.0917. The summed E-state index contributed by atoms with van der Waals surface area (Å²) in [7, 11) is 1.55. The van der Waals surface area contributed by atoms with Crippen molar-refractivity contribution in [3.05, 3.63) is 52.2 Å². The van der Waals surface area contributed by atoms with Gasteiger partial charge in [0.25, 0.3) is 5.91 Å². The fourth-order valence-electron chi connectivity index (χ4n) is 1.64. The molecule has 0 aliphatic rings. The molecule has 0 unspecified atom stereocenters. The minimum Gasteiger partial charge on any atom is -0.497 e. The van der Waals surface area contributed by atoms with Crippen LogP contribution in [0.5, 0.6) is 5.75 Å². The van der Waals surface area contributed by atoms with Gasteiger partial charge in [-0.25, -0.2) is 0 Å². The zero-order valence-electron chi connectivity index (χ0n) is 10.5. The van der Waals surface area contributed by atoms with E-state index in [1.165, 1.54) is 11.3 Å². The Morgan fingerprint density at radius 1 is 1.42 bits per heavy atom. The maximum atomic E-state index is 11.9. The molecule has 0 bridgehead atoms. The summed E-state index contributed by atoms with van der Waals surface area (Å²) in [5.74, 6) is 0.404. The molecule has 0 radical (unpaired) electrons. The molecule has 1 aromatic heterocycles. The first kappa shape index (κ1) is 13.6. The van der Waals surface area contributed by atoms with Crippen LogP contribution in [0.15, 0.2) is 41.8 Å². The minimum atomic E-state index is -0.672. The molecule has 1 atom stereocenters. The number of carbonyl (C=O) groups is 1. The van der Waals surface area contributed by atoms with E-state index >= 15 is 0 Å². The standard InChI is InChI=1S/C14H15NO3S/c1-18-11-5-2-4-10(8-11)14(17)15-9-12(16)13-6-3-7-19-13/h2-8,12,16H,9H2,1H3,(H,15,17)/t12-/m0/s1. The molecule has 0 saturated carbocycles. The predicted molar refractivity (Wildman–Crippen MR) is 74.6 cm³/mol. The summed E-state index contributed by atoms with van der Waals surface area (Å²) in [6.45, 7) is 0.191. The maximum absolute atomic E-state index is 11.9. The first-order chi connectivity index (χ1) is 9.20. The van der Waals surface area contributed by atoms with E-state index in [1.54, 1.807) is 31.4 Å². The topological polar surface area (TPSA) is 58.6 Å². The van der Waals surface area contributed by atoms with Crippen molar-refractivity contribution in [3.8, 4) is 5.75 Å². The molecule has 0 fully saturated rings. The summed E-state index contributed by atoms with van der Waals surface area (Å²) in [5.41, 5.74) is 0.512. The average molecular weight is 277 g/mol. The van der Waals surface area contributed by atoms with Gasteiger partial charge in [0, 0.05) is 17.0 Å². The van der Waals surface area contributed by atoms with Gasteiger partial charge < -0.3 is 15.2 Å². The number of aliphatic hydroxyl groups is 1. The van der Waals surface area contributed by atoms with E-state index in [2.05, 4.69) is 5.32 Å². The Morgan fingerprint density at radius 3 is 2.95 bits per heavy atom. The van der Waals surface area contributed by atoms with Gasteiger partial charge in [0.1, 0.15) is 11.9 Å². The van der Waals surface area contributed by atoms with Crippen molar-refractivity contribution >= 4 is 17.2 Å². The molecule has 5 heteroatoms. The Kier molecular flexibility index (Phi) is 4.54. The number of amides is 1. The Bertz CT molecular complexity index is 539. The lowest BCUT2D eigenvalue weighted by Gasteiger charge is -2.10. The van der Waals surface area contributed by atoms with Crippen LogP contribution >= 0.6 is 11.3 Å². The van der Waals surface area contributed by atoms with Crippen LogP contribution in [0.25, 0.3) is 0 Å². The summed E-state index contributed by atoms with van der Waals surface area (Å²) < 4.78 is 5.06. The molecule has 1 aromatic carbocycles. The number of rotatable bonds is 5. The van der Waals surface area contributed by atoms with Crippen LogP contribution in [0, 0.1) is 0 Å². The molecule has 100 valence electrons. The number of aliphatic hydroxyl groups excluding tert-OH is 1. The SMILES string of the molecule is COc1cccc(C(=O)NC[C@H](O)c2cccs2)c1. The van der Waals surface area contributed by atoms with Crippen LogP contribution in [0.4, 0.5) is 0 Å². The number of thiophene rings is 1. The van der Waals surface area contributed by atoms with Gasteiger partial charge in [-0.05, 0) is 29.6 Å². The highest BCUT2D eigenvalue weighted by Crippen LogP contribution is 2.18. The third-order valence-electron chi connectivity index (χ3n) is 2.66. The fourth-order valence-corrected chi connectivity index (χ4v) is 2.35. The molecule has 0 spiro atoms. The first-order valence-electron chi connectivity index (χ1n) is 5.84. The van der Waals surface area contributed by atoms with Crippen LogP contribution in [0.1, 0.15) is 21.3 Å². The number of hydrogen-bond donors (Lipinski definition) is 2. The second-order valence-corrected chi connectivity index (χ2v) is 4.95. The van der Waals surface area contributed by atoms with Crippen molar-refractivity contribution in [1.82, 2.24) is 5.32 Å². The Morgan fingerprint density at radius 2 is 2.26 bits per heavy atom. The molecule has 0 aliphatic heterocycles. The van der Waals surface area contributed by atoms with Gasteiger partial charge in [-0.15, -0.1) is 11.3 Å². The van der Waals surface area contributed by atoms with Gasteiger partial charge in [-0.3, -0.25) is 4.79 Å². The first-order valence-corrected chi connectivity index (χ1v) is 6.72. The molecule has 0 saturated heterocycles. The van der Waals surface area contributed by atoms with E-state index in [0.29, 0.717) is 11.3 Å². The van der Waals surface area contributed by atoms with E-state index in [4.69, 9.17) is 4.74 Å². The van der Waals surface area contributed by atoms with E-state index < -0.39 is 6.10 Å². The van der Waals surface area contributed by atoms with E-state index in [0.717, 1.165) is 4.88 Å². The lowest BCUT2D eigenvalue weighted by atomic mass is 10.2. The number of carbonyl (C=O) groups excluding carboxylic acids is 1. The summed E-state index contributed by atoms with van der Waals surface area (Å²) in [6.07, 6.45) is -0.672. The average Bonchev–Trinajstić information content (AvgIpc) is 2.98. The van der Waals surface area contributed by atoms with Gasteiger partial charge in [0.15, 0.2) is 0 Å². The van der Waals surface area contributed by atoms with Crippen LogP contribution in [-0.2, 0) is 0 Å². The van der Waals surface area contributed by atoms with Crippen molar-refractivity contribution in [2.45, 2.75) is 6.10 Å². The Hall–Kier alpha value is -1.85. The molecular weight excluding hydrogens is 262 g/mol. The molecule has 1 heterocycles. The number of hydrogen-bond acceptors (Lipinski definition) is 4. The predicted octanol–water partition coefficient (Wildman–Crippen LogP) is 2.22. The number of methoxy groups -OCH3 is 1. The van der Waals surface area contributed by atoms with Gasteiger partial charge in [0.05, 0.1) is 7.11 Å². The normalized spacial score (nSPS) is 11.9. The Balaban J connectivity index is 1.94. The molecule has 4 nitrogen and oxygen atoms in total. The molecular formula is C14H15NO3S. The minimum absolute atomic E-state index is 0.191. The summed E-state index contributed by atoms with van der Waals surface area (Å²) >= 11 is 1.46. The van der Waals surface area contributed by atoms with Crippen molar-refractivity contribution in [2.24, 2.45) is 0 Å². The summed E-state index contributed by atoms with van der Waals surface area (Å²) in [4.78, 5) is 12.8. The molecule has 0 aliphatic carbocycles. The molecule has 1 amide bonds. The van der Waals surface area contributed by atoms with Crippen LogP contribution < -0.4 is 10.1 Å². The smallest absolute Gasteiger partial charge is 0.251 e. The van der Waals surface area contributed by atoms with Gasteiger partial charge in [-0.2, -0.15) is 0 Å². The van der Waals surface area contributed by atoms with Crippen LogP contribution in [-0.4, -0.2) is 24.7 Å². The largest absolute Gasteiger partial charge is 0.497 e. The highest BCUT2D eigenvalue weighted by molar-refractivity contribution is 7.10. The van der Waals surface area contributed by atoms with Crippen molar-refractivity contribution in [2.75, 3.05) is 13.7 Å². The van der Waals surface area contributed by atoms with Gasteiger partial charge in [-0.1, -0.05) is 12.1 Å². The lowest BCUT2D eigenvalue weighted by Crippen LogP contribution is -2.28. The van der Waals surface area contributed by atoms with Crippen LogP contribution in [0.2, 0.25) is 0 Å². The van der Waals surface area contributed by atoms with Crippen molar-refractivity contribution in [1.29, 1.82) is 0 Å². The second kappa shape index (κ2) is 6.36. The molecule has 2 rings (SSSR count). The molecule has 2 aromatic rings. The Labute approximate surface area is 115 Å².